The van der Waals surface area contributed by atoms with Crippen molar-refractivity contribution in [3.05, 3.63) is 77.8 Å². The third kappa shape index (κ3) is 7.43. The molecule has 0 spiro atoms. The first-order valence-electron chi connectivity index (χ1n) is 14.9. The van der Waals surface area contributed by atoms with E-state index in [2.05, 4.69) is 39.4 Å². The standard InChI is InChI=1S/C33H38ClN5O4S/c1-3-43-27-13-10-24(11-14-27)35-31(40)23-29-32(41)39(26-12-15-30(42-2)28(34)22-26)33(44)38(29)17-7-16-36-18-20-37(21-19-36)25-8-5-4-6-9-25/h4-6,8-15,22,29H,3,7,16-21,23H2,1-2H3,(H,35,40). The molecule has 3 aromatic carbocycles. The summed E-state index contributed by atoms with van der Waals surface area (Å²) in [5, 5.41) is 3.65. The maximum absolute atomic E-state index is 13.8. The highest BCUT2D eigenvalue weighted by Gasteiger charge is 2.44. The van der Waals surface area contributed by atoms with Crippen molar-refractivity contribution in [2.75, 3.05) is 68.1 Å². The molecular weight excluding hydrogens is 598 g/mol. The Balaban J connectivity index is 1.25. The summed E-state index contributed by atoms with van der Waals surface area (Å²) < 4.78 is 10.8. The van der Waals surface area contributed by atoms with Crippen LogP contribution in [0.4, 0.5) is 17.1 Å². The van der Waals surface area contributed by atoms with Crippen LogP contribution < -0.4 is 24.6 Å². The first kappa shape index (κ1) is 31.6. The Morgan fingerprint density at radius 1 is 0.977 bits per heavy atom. The predicted octanol–water partition coefficient (Wildman–Crippen LogP) is 5.29. The number of methoxy groups -OCH3 is 1. The maximum atomic E-state index is 13.8. The van der Waals surface area contributed by atoms with Gasteiger partial charge in [-0.15, -0.1) is 0 Å². The summed E-state index contributed by atoms with van der Waals surface area (Å²) in [6.45, 7) is 7.74. The Morgan fingerprint density at radius 2 is 1.70 bits per heavy atom. The predicted molar refractivity (Wildman–Crippen MR) is 179 cm³/mol. The van der Waals surface area contributed by atoms with Gasteiger partial charge in [0.25, 0.3) is 5.91 Å². The summed E-state index contributed by atoms with van der Waals surface area (Å²) >= 11 is 12.3. The van der Waals surface area contributed by atoms with Crippen molar-refractivity contribution >= 4 is 57.8 Å². The summed E-state index contributed by atoms with van der Waals surface area (Å²) in [6, 6.07) is 22.0. The number of carbonyl (C=O) groups excluding carboxylic acids is 2. The van der Waals surface area contributed by atoms with Crippen LogP contribution in [0.1, 0.15) is 19.8 Å². The number of hydrogen-bond donors (Lipinski definition) is 1. The molecule has 2 heterocycles. The number of ether oxygens (including phenoxy) is 2. The molecule has 5 rings (SSSR count). The van der Waals surface area contributed by atoms with E-state index in [4.69, 9.17) is 33.3 Å². The number of benzene rings is 3. The van der Waals surface area contributed by atoms with Crippen LogP contribution >= 0.6 is 23.8 Å². The van der Waals surface area contributed by atoms with Gasteiger partial charge in [-0.25, -0.2) is 0 Å². The van der Waals surface area contributed by atoms with E-state index < -0.39 is 6.04 Å². The molecule has 0 aliphatic carbocycles. The zero-order valence-corrected chi connectivity index (χ0v) is 26.7. The zero-order chi connectivity index (χ0) is 31.1. The Morgan fingerprint density at radius 3 is 2.36 bits per heavy atom. The van der Waals surface area contributed by atoms with Crippen LogP contribution in [0.25, 0.3) is 0 Å². The van der Waals surface area contributed by atoms with E-state index in [-0.39, 0.29) is 18.2 Å². The Labute approximate surface area is 269 Å². The van der Waals surface area contributed by atoms with Crippen LogP contribution in [-0.4, -0.2) is 85.8 Å². The van der Waals surface area contributed by atoms with Crippen LogP contribution in [0.2, 0.25) is 5.02 Å². The molecule has 2 saturated heterocycles. The first-order valence-corrected chi connectivity index (χ1v) is 15.7. The van der Waals surface area contributed by atoms with Gasteiger partial charge in [-0.2, -0.15) is 0 Å². The molecule has 0 radical (unpaired) electrons. The number of amides is 2. The fourth-order valence-electron chi connectivity index (χ4n) is 5.64. The Kier molecular flexibility index (Phi) is 10.6. The molecule has 2 aliphatic rings. The van der Waals surface area contributed by atoms with E-state index in [0.29, 0.717) is 40.4 Å². The summed E-state index contributed by atoms with van der Waals surface area (Å²) in [5.41, 5.74) is 2.42. The SMILES string of the molecule is CCOc1ccc(NC(=O)CC2C(=O)N(c3ccc(OC)c(Cl)c3)C(=S)N2CCCN2CCN(c3ccccc3)CC2)cc1. The number of anilines is 3. The van der Waals surface area contributed by atoms with Gasteiger partial charge in [-0.05, 0) is 86.7 Å². The van der Waals surface area contributed by atoms with Gasteiger partial charge >= 0.3 is 0 Å². The molecule has 0 saturated carbocycles. The lowest BCUT2D eigenvalue weighted by Crippen LogP contribution is -2.47. The van der Waals surface area contributed by atoms with Gasteiger partial charge in [0, 0.05) is 44.1 Å². The number of hydrogen-bond acceptors (Lipinski definition) is 7. The Hall–Kier alpha value is -3.86. The average Bonchev–Trinajstić information content (AvgIpc) is 3.26. The molecule has 2 amide bonds. The smallest absolute Gasteiger partial charge is 0.256 e. The molecule has 2 aliphatic heterocycles. The van der Waals surface area contributed by atoms with Gasteiger partial charge in [-0.3, -0.25) is 19.4 Å². The second-order valence-corrected chi connectivity index (χ2v) is 11.5. The molecule has 0 bridgehead atoms. The van der Waals surface area contributed by atoms with Crippen LogP contribution in [0, 0.1) is 0 Å². The highest BCUT2D eigenvalue weighted by molar-refractivity contribution is 7.80. The average molecular weight is 636 g/mol. The summed E-state index contributed by atoms with van der Waals surface area (Å²) in [6.07, 6.45) is 0.759. The maximum Gasteiger partial charge on any atom is 0.256 e. The van der Waals surface area contributed by atoms with E-state index in [9.17, 15) is 9.59 Å². The van der Waals surface area contributed by atoms with E-state index in [1.165, 1.54) is 17.7 Å². The number of piperazine rings is 1. The van der Waals surface area contributed by atoms with Crippen molar-refractivity contribution < 1.29 is 19.1 Å². The van der Waals surface area contributed by atoms with E-state index in [0.717, 1.165) is 44.9 Å². The highest BCUT2D eigenvalue weighted by atomic mass is 35.5. The lowest BCUT2D eigenvalue weighted by atomic mass is 10.1. The van der Waals surface area contributed by atoms with Crippen LogP contribution in [0.5, 0.6) is 11.5 Å². The quantitative estimate of drug-likeness (QED) is 0.269. The van der Waals surface area contributed by atoms with Crippen molar-refractivity contribution in [3.63, 3.8) is 0 Å². The van der Waals surface area contributed by atoms with Gasteiger partial charge in [0.15, 0.2) is 5.11 Å². The molecular formula is C33H38ClN5O4S. The molecule has 0 aromatic heterocycles. The largest absolute Gasteiger partial charge is 0.495 e. The summed E-state index contributed by atoms with van der Waals surface area (Å²) in [5.74, 6) is 0.702. The molecule has 1 atom stereocenters. The number of halogens is 1. The lowest BCUT2D eigenvalue weighted by molar-refractivity contribution is -0.124. The lowest BCUT2D eigenvalue weighted by Gasteiger charge is -2.36. The van der Waals surface area contributed by atoms with Crippen molar-refractivity contribution in [1.29, 1.82) is 0 Å². The number of nitrogens with zero attached hydrogens (tertiary/aromatic N) is 4. The fraction of sp³-hybridized carbons (Fsp3) is 0.364. The minimum Gasteiger partial charge on any atom is -0.495 e. The van der Waals surface area contributed by atoms with Crippen molar-refractivity contribution in [3.8, 4) is 11.5 Å². The number of thiocarbonyl (C=S) groups is 1. The fourth-order valence-corrected chi connectivity index (χ4v) is 6.31. The number of carbonyl (C=O) groups is 2. The van der Waals surface area contributed by atoms with Gasteiger partial charge in [0.1, 0.15) is 17.5 Å². The van der Waals surface area contributed by atoms with Crippen molar-refractivity contribution in [2.24, 2.45) is 0 Å². The third-order valence-electron chi connectivity index (χ3n) is 7.91. The second-order valence-electron chi connectivity index (χ2n) is 10.7. The molecule has 1 N–H and O–H groups in total. The molecule has 3 aromatic rings. The van der Waals surface area contributed by atoms with Gasteiger partial charge in [-0.1, -0.05) is 29.8 Å². The molecule has 9 nitrogen and oxygen atoms in total. The minimum atomic E-state index is -0.735. The van der Waals surface area contributed by atoms with Gasteiger partial charge < -0.3 is 24.6 Å². The van der Waals surface area contributed by atoms with Crippen molar-refractivity contribution in [2.45, 2.75) is 25.8 Å². The number of nitrogens with one attached hydrogen (secondary N) is 1. The molecule has 232 valence electrons. The van der Waals surface area contributed by atoms with Gasteiger partial charge in [0.2, 0.25) is 5.91 Å². The van der Waals surface area contributed by atoms with E-state index in [1.807, 2.05) is 17.9 Å². The normalized spacial score (nSPS) is 17.2. The Bertz CT molecular complexity index is 1450. The molecule has 11 heteroatoms. The minimum absolute atomic E-state index is 0.0394. The molecule has 44 heavy (non-hydrogen) atoms. The van der Waals surface area contributed by atoms with Crippen LogP contribution in [0.3, 0.4) is 0 Å². The monoisotopic (exact) mass is 635 g/mol. The third-order valence-corrected chi connectivity index (χ3v) is 8.62. The number of para-hydroxylation sites is 1. The summed E-state index contributed by atoms with van der Waals surface area (Å²) in [4.78, 5) is 35.2. The summed E-state index contributed by atoms with van der Waals surface area (Å²) in [7, 11) is 1.54. The molecule has 2 fully saturated rings. The van der Waals surface area contributed by atoms with Gasteiger partial charge in [0.05, 0.1) is 30.8 Å². The van der Waals surface area contributed by atoms with E-state index in [1.54, 1.807) is 42.5 Å². The first-order chi connectivity index (χ1) is 21.4. The molecule has 1 unspecified atom stereocenters. The van der Waals surface area contributed by atoms with E-state index >= 15 is 0 Å². The topological polar surface area (TPSA) is 77.6 Å². The van der Waals surface area contributed by atoms with Crippen molar-refractivity contribution in [1.82, 2.24) is 9.80 Å². The zero-order valence-electron chi connectivity index (χ0n) is 25.1. The second kappa shape index (κ2) is 14.7. The van der Waals surface area contributed by atoms with Crippen LogP contribution in [-0.2, 0) is 9.59 Å². The highest BCUT2D eigenvalue weighted by Crippen LogP contribution is 2.33. The van der Waals surface area contributed by atoms with Crippen LogP contribution in [0.15, 0.2) is 72.8 Å². The number of rotatable bonds is 12.